The van der Waals surface area contributed by atoms with Crippen LogP contribution in [-0.4, -0.2) is 26.5 Å². The van der Waals surface area contributed by atoms with E-state index in [0.717, 1.165) is 24.8 Å². The molecule has 1 aliphatic heterocycles. The summed E-state index contributed by atoms with van der Waals surface area (Å²) < 4.78 is 13.4. The molecule has 1 aliphatic rings. The standard InChI is InChI=1S/C35H48O3Si/c1-27-20-14-10-8-9-11-19-25-33(36)37-34(27)29(3)26-28(2)30(4)38-39(35(5,6)7,31-21-15-12-16-22-31)32-23-17-13-18-24-32/h8,10,12-18,20-24,26-28,30,34H,9,11,19,25H2,1-7H3/b10-8+,20-14-,29-26-/t27-,28-,30+,34?/m0/s1. The average molecular weight is 545 g/mol. The van der Waals surface area contributed by atoms with E-state index in [-0.39, 0.29) is 35.1 Å². The van der Waals surface area contributed by atoms with Gasteiger partial charge in [-0.25, -0.2) is 0 Å². The number of carbonyl (C=O) groups is 1. The van der Waals surface area contributed by atoms with Gasteiger partial charge in [-0.05, 0) is 60.0 Å². The normalized spacial score (nSPS) is 23.1. The summed E-state index contributed by atoms with van der Waals surface area (Å²) in [4.78, 5) is 12.7. The molecule has 3 nitrogen and oxygen atoms in total. The third kappa shape index (κ3) is 7.92. The summed E-state index contributed by atoms with van der Waals surface area (Å²) in [5.41, 5.74) is 1.08. The Balaban J connectivity index is 1.94. The molecule has 4 atom stereocenters. The fourth-order valence-corrected chi connectivity index (χ4v) is 10.4. The summed E-state index contributed by atoms with van der Waals surface area (Å²) in [5, 5.41) is 2.48. The van der Waals surface area contributed by atoms with E-state index in [4.69, 9.17) is 9.16 Å². The Morgan fingerprint density at radius 2 is 1.56 bits per heavy atom. The second-order valence-electron chi connectivity index (χ2n) is 12.1. The van der Waals surface area contributed by atoms with Gasteiger partial charge >= 0.3 is 5.97 Å². The Morgan fingerprint density at radius 1 is 0.974 bits per heavy atom. The van der Waals surface area contributed by atoms with Gasteiger partial charge in [-0.2, -0.15) is 0 Å². The summed E-state index contributed by atoms with van der Waals surface area (Å²) in [6.45, 7) is 15.6. The van der Waals surface area contributed by atoms with Gasteiger partial charge in [-0.15, -0.1) is 0 Å². The lowest BCUT2D eigenvalue weighted by Gasteiger charge is -2.45. The van der Waals surface area contributed by atoms with Crippen LogP contribution in [0.5, 0.6) is 0 Å². The van der Waals surface area contributed by atoms with E-state index in [9.17, 15) is 4.79 Å². The van der Waals surface area contributed by atoms with Crippen molar-refractivity contribution in [1.29, 1.82) is 0 Å². The number of benzene rings is 2. The van der Waals surface area contributed by atoms with Crippen LogP contribution in [0.3, 0.4) is 0 Å². The molecular formula is C35H48O3Si. The van der Waals surface area contributed by atoms with Crippen LogP contribution in [-0.2, 0) is 14.0 Å². The molecule has 0 aromatic heterocycles. The molecular weight excluding hydrogens is 496 g/mol. The molecule has 0 N–H and O–H groups in total. The van der Waals surface area contributed by atoms with Gasteiger partial charge in [0, 0.05) is 18.4 Å². The Bertz CT molecular complexity index is 1090. The number of ether oxygens (including phenoxy) is 1. The van der Waals surface area contributed by atoms with E-state index in [1.165, 1.54) is 10.4 Å². The quantitative estimate of drug-likeness (QED) is 0.203. The van der Waals surface area contributed by atoms with E-state index < -0.39 is 8.32 Å². The third-order valence-corrected chi connectivity index (χ3v) is 13.0. The first kappa shape index (κ1) is 30.8. The Hall–Kier alpha value is -2.69. The van der Waals surface area contributed by atoms with Crippen LogP contribution >= 0.6 is 0 Å². The summed E-state index contributed by atoms with van der Waals surface area (Å²) >= 11 is 0. The number of rotatable bonds is 7. The maximum absolute atomic E-state index is 12.7. The van der Waals surface area contributed by atoms with Crippen LogP contribution in [0.1, 0.15) is 74.1 Å². The van der Waals surface area contributed by atoms with Crippen LogP contribution in [0.2, 0.25) is 5.04 Å². The highest BCUT2D eigenvalue weighted by atomic mass is 28.4. The van der Waals surface area contributed by atoms with Crippen LogP contribution in [0, 0.1) is 11.8 Å². The molecule has 2 aromatic rings. The second-order valence-corrected chi connectivity index (χ2v) is 16.3. The second kappa shape index (κ2) is 14.1. The number of hydrogen-bond donors (Lipinski definition) is 0. The van der Waals surface area contributed by atoms with Crippen molar-refractivity contribution in [3.8, 4) is 0 Å². The first-order valence-corrected chi connectivity index (χ1v) is 16.5. The minimum Gasteiger partial charge on any atom is -0.457 e. The summed E-state index contributed by atoms with van der Waals surface area (Å²) in [6, 6.07) is 21.6. The van der Waals surface area contributed by atoms with Crippen LogP contribution in [0.15, 0.2) is 96.6 Å². The van der Waals surface area contributed by atoms with Gasteiger partial charge in [0.2, 0.25) is 0 Å². The molecule has 0 saturated carbocycles. The van der Waals surface area contributed by atoms with Crippen molar-refractivity contribution < 1.29 is 14.0 Å². The molecule has 0 saturated heterocycles. The summed E-state index contributed by atoms with van der Waals surface area (Å²) in [6.07, 6.45) is 13.8. The number of cyclic esters (lactones) is 1. The highest BCUT2D eigenvalue weighted by Crippen LogP contribution is 2.38. The number of esters is 1. The lowest BCUT2D eigenvalue weighted by molar-refractivity contribution is -0.148. The lowest BCUT2D eigenvalue weighted by atomic mass is 9.93. The van der Waals surface area contributed by atoms with Crippen LogP contribution in [0.4, 0.5) is 0 Å². The van der Waals surface area contributed by atoms with Crippen molar-refractivity contribution in [2.75, 3.05) is 0 Å². The molecule has 1 heterocycles. The number of carbonyl (C=O) groups excluding carboxylic acids is 1. The van der Waals surface area contributed by atoms with Crippen molar-refractivity contribution >= 4 is 24.7 Å². The zero-order chi connectivity index (χ0) is 28.5. The topological polar surface area (TPSA) is 35.5 Å². The van der Waals surface area contributed by atoms with E-state index >= 15 is 0 Å². The van der Waals surface area contributed by atoms with E-state index in [1.54, 1.807) is 0 Å². The fraction of sp³-hybridized carbons (Fsp3) is 0.457. The van der Waals surface area contributed by atoms with E-state index in [1.807, 2.05) is 0 Å². The maximum Gasteiger partial charge on any atom is 0.306 e. The molecule has 210 valence electrons. The van der Waals surface area contributed by atoms with Gasteiger partial charge in [-0.3, -0.25) is 4.79 Å². The van der Waals surface area contributed by atoms with Crippen molar-refractivity contribution in [2.45, 2.75) is 91.4 Å². The minimum atomic E-state index is -2.66. The van der Waals surface area contributed by atoms with Crippen molar-refractivity contribution in [1.82, 2.24) is 0 Å². The first-order valence-electron chi connectivity index (χ1n) is 14.6. The molecule has 0 bridgehead atoms. The highest BCUT2D eigenvalue weighted by molar-refractivity contribution is 6.99. The molecule has 39 heavy (non-hydrogen) atoms. The molecule has 0 radical (unpaired) electrons. The molecule has 0 fully saturated rings. The Labute approximate surface area is 238 Å². The fourth-order valence-electron chi connectivity index (χ4n) is 5.58. The first-order chi connectivity index (χ1) is 18.6. The predicted molar refractivity (Wildman–Crippen MR) is 167 cm³/mol. The van der Waals surface area contributed by atoms with E-state index in [0.29, 0.717) is 6.42 Å². The lowest BCUT2D eigenvalue weighted by Crippen LogP contribution is -2.67. The highest BCUT2D eigenvalue weighted by Gasteiger charge is 2.51. The molecule has 1 unspecified atom stereocenters. The Morgan fingerprint density at radius 3 is 2.13 bits per heavy atom. The van der Waals surface area contributed by atoms with Crippen molar-refractivity contribution in [3.63, 3.8) is 0 Å². The predicted octanol–water partition coefficient (Wildman–Crippen LogP) is 7.77. The van der Waals surface area contributed by atoms with Crippen LogP contribution in [0.25, 0.3) is 0 Å². The van der Waals surface area contributed by atoms with Gasteiger partial charge in [0.25, 0.3) is 8.32 Å². The van der Waals surface area contributed by atoms with Crippen molar-refractivity contribution in [2.24, 2.45) is 11.8 Å². The van der Waals surface area contributed by atoms with Gasteiger partial charge in [-0.1, -0.05) is 126 Å². The third-order valence-electron chi connectivity index (χ3n) is 7.89. The molecule has 4 heteroatoms. The molecule has 0 spiro atoms. The van der Waals surface area contributed by atoms with Gasteiger partial charge < -0.3 is 9.16 Å². The number of hydrogen-bond acceptors (Lipinski definition) is 3. The average Bonchev–Trinajstić information content (AvgIpc) is 2.91. The maximum atomic E-state index is 12.7. The monoisotopic (exact) mass is 544 g/mol. The minimum absolute atomic E-state index is 0.0398. The van der Waals surface area contributed by atoms with Gasteiger partial charge in [0.05, 0.1) is 0 Å². The zero-order valence-electron chi connectivity index (χ0n) is 25.0. The van der Waals surface area contributed by atoms with Gasteiger partial charge in [0.15, 0.2) is 0 Å². The molecule has 0 amide bonds. The Kier molecular flexibility index (Phi) is 11.1. The van der Waals surface area contributed by atoms with Crippen molar-refractivity contribution in [3.05, 3.63) is 96.6 Å². The summed E-state index contributed by atoms with van der Waals surface area (Å²) in [7, 11) is -2.66. The van der Waals surface area contributed by atoms with Crippen LogP contribution < -0.4 is 10.4 Å². The smallest absolute Gasteiger partial charge is 0.306 e. The van der Waals surface area contributed by atoms with Gasteiger partial charge in [0.1, 0.15) is 6.10 Å². The molecule has 2 aromatic carbocycles. The molecule has 0 aliphatic carbocycles. The summed E-state index contributed by atoms with van der Waals surface area (Å²) in [5.74, 6) is 0.0963. The SMILES string of the molecule is C/C(=C/[C@H](C)[C@@H](C)O[Si](c1ccccc1)(c1ccccc1)C(C)(C)C)C1OC(=O)CCCC/C=C/C=C\[C@@H]1C. The largest absolute Gasteiger partial charge is 0.457 e. The molecule has 3 rings (SSSR count). The number of allylic oxidation sites excluding steroid dienone is 3. The zero-order valence-corrected chi connectivity index (χ0v) is 26.0. The van der Waals surface area contributed by atoms with E-state index in [2.05, 4.69) is 140 Å².